The molecule has 2 spiro atoms. The predicted molar refractivity (Wildman–Crippen MR) is 121 cm³/mol. The summed E-state index contributed by atoms with van der Waals surface area (Å²) in [5.41, 5.74) is 2.32. The van der Waals surface area contributed by atoms with Gasteiger partial charge in [-0.15, -0.1) is 0 Å². The molecule has 1 amide bonds. The summed E-state index contributed by atoms with van der Waals surface area (Å²) in [6.07, 6.45) is 5.74. The van der Waals surface area contributed by atoms with Gasteiger partial charge in [-0.1, -0.05) is 42.4 Å². The second kappa shape index (κ2) is 8.01. The van der Waals surface area contributed by atoms with Crippen molar-refractivity contribution in [1.29, 1.82) is 0 Å². The van der Waals surface area contributed by atoms with Gasteiger partial charge in [0.15, 0.2) is 5.54 Å². The summed E-state index contributed by atoms with van der Waals surface area (Å²) in [5.74, 6) is 6.29. The Morgan fingerprint density at radius 1 is 1.26 bits per heavy atom. The zero-order valence-electron chi connectivity index (χ0n) is 19.4. The fourth-order valence-corrected chi connectivity index (χ4v) is 6.03. The van der Waals surface area contributed by atoms with Gasteiger partial charge in [-0.3, -0.25) is 9.69 Å². The lowest BCUT2D eigenvalue weighted by molar-refractivity contribution is -0.139. The number of aliphatic imine (C=N–C) groups is 1. The number of hydrogen-bond acceptors (Lipinski definition) is 5. The van der Waals surface area contributed by atoms with E-state index < -0.39 is 5.54 Å². The fraction of sp³-hybridized carbons (Fsp3) is 0.667. The zero-order valence-corrected chi connectivity index (χ0v) is 19.4. The number of benzene rings is 1. The number of carbonyl (C=O) groups is 1. The predicted octanol–water partition coefficient (Wildman–Crippen LogP) is 4.14. The van der Waals surface area contributed by atoms with Crippen LogP contribution in [0.1, 0.15) is 70.1 Å². The van der Waals surface area contributed by atoms with Crippen molar-refractivity contribution in [2.24, 2.45) is 32.5 Å². The highest BCUT2D eigenvalue weighted by Gasteiger charge is 2.67. The van der Waals surface area contributed by atoms with E-state index in [1.807, 2.05) is 13.8 Å². The molecule has 7 nitrogen and oxygen atoms in total. The Hall–Kier alpha value is -2.28. The molecule has 31 heavy (non-hydrogen) atoms. The fourth-order valence-electron chi connectivity index (χ4n) is 6.03. The van der Waals surface area contributed by atoms with Gasteiger partial charge in [-0.05, 0) is 75.0 Å². The summed E-state index contributed by atoms with van der Waals surface area (Å²) in [4.78, 5) is 21.0. The zero-order chi connectivity index (χ0) is 22.4. The molecule has 1 heterocycles. The molecule has 0 saturated heterocycles. The molecule has 3 aliphatic rings. The minimum atomic E-state index is -0.957. The Bertz CT molecular complexity index is 915. The third-order valence-electron chi connectivity index (χ3n) is 7.40. The molecule has 1 aliphatic heterocycles. The standard InChI is InChI=1S/C24H35N5O2/c1-15(2)12-17-6-7-18-14-23(10-8-19(31-5)9-11-23)24(20(18)13-17)21(30)29(16(3)4)22(26-24)27-28-25/h6-7,13,15-16,19H,8-12,14H2,1-5H3,(H2,25,26,27)/t19-,23-,24?. The van der Waals surface area contributed by atoms with Gasteiger partial charge in [0.25, 0.3) is 11.9 Å². The highest BCUT2D eigenvalue weighted by atomic mass is 16.5. The summed E-state index contributed by atoms with van der Waals surface area (Å²) >= 11 is 0. The number of guanidine groups is 1. The first-order chi connectivity index (χ1) is 14.8. The number of ether oxygens (including phenoxy) is 1. The molecular formula is C24H35N5O2. The molecule has 7 heteroatoms. The van der Waals surface area contributed by atoms with Crippen LogP contribution < -0.4 is 5.84 Å². The Balaban J connectivity index is 1.90. The van der Waals surface area contributed by atoms with E-state index in [0.29, 0.717) is 11.9 Å². The van der Waals surface area contributed by atoms with Gasteiger partial charge in [-0.25, -0.2) is 4.99 Å². The molecule has 0 radical (unpaired) electrons. The number of fused-ring (bicyclic) bond motifs is 3. The number of rotatable bonds is 4. The van der Waals surface area contributed by atoms with Crippen molar-refractivity contribution in [2.75, 3.05) is 7.11 Å². The second-order valence-corrected chi connectivity index (χ2v) is 10.1. The Labute approximate surface area is 185 Å². The molecule has 1 unspecified atom stereocenters. The van der Waals surface area contributed by atoms with Gasteiger partial charge in [0.1, 0.15) is 0 Å². The Morgan fingerprint density at radius 2 is 1.97 bits per heavy atom. The minimum absolute atomic E-state index is 0.0150. The largest absolute Gasteiger partial charge is 0.381 e. The number of carbonyl (C=O) groups excluding carboxylic acids is 1. The molecule has 4 rings (SSSR count). The highest BCUT2D eigenvalue weighted by Crippen LogP contribution is 2.62. The first kappa shape index (κ1) is 21.9. The molecule has 1 fully saturated rings. The molecule has 168 valence electrons. The maximum Gasteiger partial charge on any atom is 0.262 e. The van der Waals surface area contributed by atoms with E-state index in [-0.39, 0.29) is 23.5 Å². The molecule has 1 atom stereocenters. The van der Waals surface area contributed by atoms with Gasteiger partial charge in [0.2, 0.25) is 0 Å². The topological polar surface area (TPSA) is 92.6 Å². The maximum absolute atomic E-state index is 14.2. The van der Waals surface area contributed by atoms with Crippen LogP contribution in [-0.2, 0) is 27.9 Å². The van der Waals surface area contributed by atoms with Crippen molar-refractivity contribution in [3.8, 4) is 0 Å². The van der Waals surface area contributed by atoms with Crippen LogP contribution >= 0.6 is 0 Å². The average Bonchev–Trinajstić information content (AvgIpc) is 3.16. The minimum Gasteiger partial charge on any atom is -0.381 e. The number of amides is 1. The third kappa shape index (κ3) is 3.28. The lowest BCUT2D eigenvalue weighted by atomic mass is 9.61. The summed E-state index contributed by atoms with van der Waals surface area (Å²) in [6.45, 7) is 8.40. The monoisotopic (exact) mass is 425 g/mol. The summed E-state index contributed by atoms with van der Waals surface area (Å²) in [7, 11) is 1.78. The number of nitrogens with zero attached hydrogens (tertiary/aromatic N) is 4. The van der Waals surface area contributed by atoms with Crippen molar-refractivity contribution in [3.63, 3.8) is 0 Å². The molecule has 1 aromatic rings. The first-order valence-corrected chi connectivity index (χ1v) is 11.5. The van der Waals surface area contributed by atoms with Crippen molar-refractivity contribution in [1.82, 2.24) is 4.90 Å². The molecule has 0 aromatic heterocycles. The lowest BCUT2D eigenvalue weighted by Gasteiger charge is -2.45. The highest BCUT2D eigenvalue weighted by molar-refractivity contribution is 6.09. The molecule has 2 aliphatic carbocycles. The number of hydrogen-bond donors (Lipinski definition) is 1. The Morgan fingerprint density at radius 3 is 2.55 bits per heavy atom. The second-order valence-electron chi connectivity index (χ2n) is 10.1. The van der Waals surface area contributed by atoms with Crippen LogP contribution in [0.4, 0.5) is 0 Å². The smallest absolute Gasteiger partial charge is 0.262 e. The molecule has 1 aromatic carbocycles. The van der Waals surface area contributed by atoms with Crippen molar-refractivity contribution in [3.05, 3.63) is 34.9 Å². The van der Waals surface area contributed by atoms with Crippen LogP contribution in [0.5, 0.6) is 0 Å². The van der Waals surface area contributed by atoms with E-state index in [9.17, 15) is 4.79 Å². The SMILES string of the molecule is CO[C@H]1CC[C@]2(CC1)Cc1ccc(CC(C)C)cc1C21N=C(N=NN)N(C(C)C)C1=O. The molecule has 1 saturated carbocycles. The van der Waals surface area contributed by atoms with Gasteiger partial charge in [0, 0.05) is 18.6 Å². The van der Waals surface area contributed by atoms with Crippen molar-refractivity contribution >= 4 is 11.9 Å². The lowest BCUT2D eigenvalue weighted by Crippen LogP contribution is -2.53. The quantitative estimate of drug-likeness (QED) is 0.446. The van der Waals surface area contributed by atoms with E-state index in [1.54, 1.807) is 12.0 Å². The summed E-state index contributed by atoms with van der Waals surface area (Å²) in [5, 5.41) is 7.57. The van der Waals surface area contributed by atoms with E-state index in [1.165, 1.54) is 11.1 Å². The van der Waals surface area contributed by atoms with E-state index >= 15 is 0 Å². The van der Waals surface area contributed by atoms with Gasteiger partial charge < -0.3 is 10.6 Å². The van der Waals surface area contributed by atoms with Crippen LogP contribution in [0.25, 0.3) is 0 Å². The number of nitrogens with two attached hydrogens (primary N) is 1. The molecule has 2 N–H and O–H groups in total. The summed E-state index contributed by atoms with van der Waals surface area (Å²) < 4.78 is 5.65. The van der Waals surface area contributed by atoms with Crippen LogP contribution in [0, 0.1) is 11.3 Å². The van der Waals surface area contributed by atoms with Gasteiger partial charge >= 0.3 is 0 Å². The van der Waals surface area contributed by atoms with Crippen molar-refractivity contribution < 1.29 is 9.53 Å². The average molecular weight is 426 g/mol. The van der Waals surface area contributed by atoms with Crippen LogP contribution in [-0.4, -0.2) is 36.0 Å². The van der Waals surface area contributed by atoms with E-state index in [4.69, 9.17) is 15.6 Å². The van der Waals surface area contributed by atoms with Crippen molar-refractivity contribution in [2.45, 2.75) is 83.9 Å². The van der Waals surface area contributed by atoms with Crippen LogP contribution in [0.2, 0.25) is 0 Å². The summed E-state index contributed by atoms with van der Waals surface area (Å²) in [6, 6.07) is 6.59. The normalized spacial score (nSPS) is 30.4. The molecular weight excluding hydrogens is 390 g/mol. The van der Waals surface area contributed by atoms with E-state index in [0.717, 1.165) is 44.1 Å². The number of methoxy groups -OCH3 is 1. The van der Waals surface area contributed by atoms with E-state index in [2.05, 4.69) is 42.4 Å². The first-order valence-electron chi connectivity index (χ1n) is 11.5. The van der Waals surface area contributed by atoms with Gasteiger partial charge in [-0.2, -0.15) is 0 Å². The maximum atomic E-state index is 14.2. The Kier molecular flexibility index (Phi) is 5.66. The molecule has 0 bridgehead atoms. The third-order valence-corrected chi connectivity index (χ3v) is 7.40. The van der Waals surface area contributed by atoms with Gasteiger partial charge in [0.05, 0.1) is 6.10 Å². The van der Waals surface area contributed by atoms with Crippen LogP contribution in [0.3, 0.4) is 0 Å². The van der Waals surface area contributed by atoms with Crippen LogP contribution in [0.15, 0.2) is 33.5 Å².